The van der Waals surface area contributed by atoms with Gasteiger partial charge in [0.25, 0.3) is 0 Å². The van der Waals surface area contributed by atoms with E-state index in [-0.39, 0.29) is 5.83 Å². The van der Waals surface area contributed by atoms with Gasteiger partial charge in [0.2, 0.25) is 0 Å². The summed E-state index contributed by atoms with van der Waals surface area (Å²) in [5, 5.41) is 0. The topological polar surface area (TPSA) is 0 Å². The highest BCUT2D eigenvalue weighted by Gasteiger charge is 1.95. The average molecular weight is 296 g/mol. The first-order valence-corrected chi connectivity index (χ1v) is 6.47. The third kappa shape index (κ3) is 16.0. The standard InChI is InChI=1S/C7H6F2.C7H11F.C4H6/c1-5-2-3-6(8)4-7(5)9;1-6(2)4-5-7(3)8;1-3-4-2/h2-4H,1H3;4-5H,1-3H3;1-2H3/b;7-5+;. The molecule has 3 heteroatoms. The molecule has 0 unspecified atom stereocenters. The van der Waals surface area contributed by atoms with Crippen molar-refractivity contribution < 1.29 is 13.2 Å². The van der Waals surface area contributed by atoms with Crippen LogP contribution in [0.2, 0.25) is 0 Å². The molecule has 21 heavy (non-hydrogen) atoms. The fourth-order valence-electron chi connectivity index (χ4n) is 0.849. The van der Waals surface area contributed by atoms with Gasteiger partial charge >= 0.3 is 0 Å². The maximum absolute atomic E-state index is 12.3. The molecule has 0 aliphatic heterocycles. The summed E-state index contributed by atoms with van der Waals surface area (Å²) >= 11 is 0. The minimum absolute atomic E-state index is 0.147. The molecule has 0 saturated carbocycles. The van der Waals surface area contributed by atoms with E-state index in [0.717, 1.165) is 11.6 Å². The van der Waals surface area contributed by atoms with Gasteiger partial charge in [-0.1, -0.05) is 17.7 Å². The maximum Gasteiger partial charge on any atom is 0.129 e. The SMILES string of the molecule is CC#CC.CC(C)=C/C=C(\C)F.Cc1ccc(F)cc1F. The lowest BCUT2D eigenvalue weighted by Gasteiger charge is -1.92. The first kappa shape index (κ1) is 21.4. The Kier molecular flexibility index (Phi) is 13.3. The predicted molar refractivity (Wildman–Crippen MR) is 84.5 cm³/mol. The Morgan fingerprint density at radius 2 is 1.52 bits per heavy atom. The Labute approximate surface area is 126 Å². The van der Waals surface area contributed by atoms with E-state index in [0.29, 0.717) is 5.56 Å². The molecule has 0 N–H and O–H groups in total. The first-order valence-electron chi connectivity index (χ1n) is 6.47. The van der Waals surface area contributed by atoms with Crippen LogP contribution in [0.25, 0.3) is 0 Å². The number of rotatable bonds is 1. The Hall–Kier alpha value is -1.95. The summed E-state index contributed by atoms with van der Waals surface area (Å²) in [7, 11) is 0. The molecule has 0 aliphatic carbocycles. The van der Waals surface area contributed by atoms with Crippen molar-refractivity contribution in [3.8, 4) is 11.8 Å². The van der Waals surface area contributed by atoms with Crippen LogP contribution in [0.4, 0.5) is 13.2 Å². The van der Waals surface area contributed by atoms with Crippen LogP contribution in [0.15, 0.2) is 41.8 Å². The lowest BCUT2D eigenvalue weighted by Crippen LogP contribution is -1.81. The monoisotopic (exact) mass is 296 g/mol. The quantitative estimate of drug-likeness (QED) is 0.432. The summed E-state index contributed by atoms with van der Waals surface area (Å²) in [5.74, 6) is 4.19. The van der Waals surface area contributed by atoms with Crippen molar-refractivity contribution in [2.75, 3.05) is 0 Å². The first-order chi connectivity index (χ1) is 9.74. The lowest BCUT2D eigenvalue weighted by molar-refractivity contribution is 0.577. The van der Waals surface area contributed by atoms with Crippen LogP contribution in [-0.2, 0) is 0 Å². The molecule has 0 amide bonds. The summed E-state index contributed by atoms with van der Waals surface area (Å²) in [6.07, 6.45) is 3.20. The second-order valence-electron chi connectivity index (χ2n) is 4.39. The van der Waals surface area contributed by atoms with Crippen LogP contribution in [0.1, 0.15) is 40.2 Å². The molecule has 0 heterocycles. The number of benzene rings is 1. The van der Waals surface area contributed by atoms with Crippen molar-refractivity contribution >= 4 is 0 Å². The van der Waals surface area contributed by atoms with E-state index >= 15 is 0 Å². The zero-order valence-electron chi connectivity index (χ0n) is 13.5. The van der Waals surface area contributed by atoms with Gasteiger partial charge in [-0.05, 0) is 59.2 Å². The molecule has 0 atom stereocenters. The van der Waals surface area contributed by atoms with Crippen molar-refractivity contribution in [1.82, 2.24) is 0 Å². The molecular formula is C18H23F3. The third-order valence-electron chi connectivity index (χ3n) is 2.03. The van der Waals surface area contributed by atoms with E-state index in [9.17, 15) is 13.2 Å². The van der Waals surface area contributed by atoms with Gasteiger partial charge in [-0.3, -0.25) is 0 Å². The van der Waals surface area contributed by atoms with Crippen LogP contribution in [0.3, 0.4) is 0 Å². The summed E-state index contributed by atoms with van der Waals surface area (Å²) in [4.78, 5) is 0. The van der Waals surface area contributed by atoms with Crippen LogP contribution < -0.4 is 0 Å². The summed E-state index contributed by atoms with van der Waals surface area (Å²) in [6.45, 7) is 10.5. The highest BCUT2D eigenvalue weighted by Crippen LogP contribution is 2.06. The number of allylic oxidation sites excluding steroid dienone is 4. The van der Waals surface area contributed by atoms with E-state index < -0.39 is 11.6 Å². The van der Waals surface area contributed by atoms with E-state index in [2.05, 4.69) is 11.8 Å². The van der Waals surface area contributed by atoms with Crippen LogP contribution in [0, 0.1) is 30.4 Å². The van der Waals surface area contributed by atoms with Crippen LogP contribution >= 0.6 is 0 Å². The van der Waals surface area contributed by atoms with Crippen LogP contribution in [-0.4, -0.2) is 0 Å². The minimum atomic E-state index is -0.530. The van der Waals surface area contributed by atoms with Crippen molar-refractivity contribution in [3.05, 3.63) is 58.9 Å². The van der Waals surface area contributed by atoms with Crippen molar-refractivity contribution in [2.24, 2.45) is 0 Å². The summed E-state index contributed by atoms with van der Waals surface area (Å²) < 4.78 is 36.3. The molecule has 116 valence electrons. The fraction of sp³-hybridized carbons (Fsp3) is 0.333. The molecule has 0 radical (unpaired) electrons. The normalized spacial score (nSPS) is 9.10. The highest BCUT2D eigenvalue weighted by molar-refractivity contribution is 5.16. The highest BCUT2D eigenvalue weighted by atomic mass is 19.1. The second-order valence-corrected chi connectivity index (χ2v) is 4.39. The van der Waals surface area contributed by atoms with Gasteiger partial charge in [0.05, 0.1) is 5.83 Å². The molecule has 0 aliphatic rings. The zero-order chi connectivity index (χ0) is 16.8. The lowest BCUT2D eigenvalue weighted by atomic mass is 10.2. The molecule has 0 saturated heterocycles. The van der Waals surface area contributed by atoms with Crippen molar-refractivity contribution in [1.29, 1.82) is 0 Å². The van der Waals surface area contributed by atoms with E-state index in [4.69, 9.17) is 0 Å². The maximum atomic E-state index is 12.3. The molecule has 0 fully saturated rings. The molecule has 0 spiro atoms. The Balaban J connectivity index is 0. The molecule has 1 aromatic carbocycles. The van der Waals surface area contributed by atoms with Crippen molar-refractivity contribution in [3.63, 3.8) is 0 Å². The molecule has 1 aromatic rings. The smallest absolute Gasteiger partial charge is 0.129 e. The molecule has 0 bridgehead atoms. The van der Waals surface area contributed by atoms with Gasteiger partial charge in [-0.2, -0.15) is 0 Å². The van der Waals surface area contributed by atoms with Crippen molar-refractivity contribution in [2.45, 2.75) is 41.5 Å². The Morgan fingerprint density at radius 3 is 1.76 bits per heavy atom. The van der Waals surface area contributed by atoms with Crippen LogP contribution in [0.5, 0.6) is 0 Å². The fourth-order valence-corrected chi connectivity index (χ4v) is 0.849. The molecular weight excluding hydrogens is 273 g/mol. The van der Waals surface area contributed by atoms with Gasteiger partial charge in [-0.15, -0.1) is 11.8 Å². The molecule has 0 aromatic heterocycles. The van der Waals surface area contributed by atoms with Gasteiger partial charge < -0.3 is 0 Å². The summed E-state index contributed by atoms with van der Waals surface area (Å²) in [6, 6.07) is 3.51. The zero-order valence-corrected chi connectivity index (χ0v) is 13.5. The molecule has 1 rings (SSSR count). The summed E-state index contributed by atoms with van der Waals surface area (Å²) in [5.41, 5.74) is 1.58. The minimum Gasteiger partial charge on any atom is -0.212 e. The van der Waals surface area contributed by atoms with E-state index in [1.807, 2.05) is 27.7 Å². The average Bonchev–Trinajstić information content (AvgIpc) is 2.42. The number of hydrogen-bond acceptors (Lipinski definition) is 0. The van der Waals surface area contributed by atoms with Gasteiger partial charge in [0.15, 0.2) is 0 Å². The molecule has 0 nitrogen and oxygen atoms in total. The van der Waals surface area contributed by atoms with Gasteiger partial charge in [0.1, 0.15) is 11.6 Å². The number of hydrogen-bond donors (Lipinski definition) is 0. The third-order valence-corrected chi connectivity index (χ3v) is 2.03. The Morgan fingerprint density at radius 1 is 1.00 bits per heavy atom. The second kappa shape index (κ2) is 13.1. The van der Waals surface area contributed by atoms with E-state index in [1.165, 1.54) is 25.1 Å². The predicted octanol–water partition coefficient (Wildman–Crippen LogP) is 6.13. The number of halogens is 3. The van der Waals surface area contributed by atoms with Gasteiger partial charge in [-0.25, -0.2) is 13.2 Å². The number of aryl methyl sites for hydroxylation is 1. The largest absolute Gasteiger partial charge is 0.212 e. The van der Waals surface area contributed by atoms with E-state index in [1.54, 1.807) is 13.0 Å². The Bertz CT molecular complexity index is 499. The van der Waals surface area contributed by atoms with Gasteiger partial charge in [0, 0.05) is 6.07 Å².